The molecule has 0 atom stereocenters. The van der Waals surface area contributed by atoms with Gasteiger partial charge in [-0.15, -0.1) is 0 Å². The lowest BCUT2D eigenvalue weighted by Gasteiger charge is -1.99. The SMILES string of the molecule is C=C(Br)CCc1cccc(Cl)c1. The van der Waals surface area contributed by atoms with Crippen LogP contribution in [0.2, 0.25) is 5.02 Å². The van der Waals surface area contributed by atoms with Crippen LogP contribution < -0.4 is 0 Å². The Bertz CT molecular complexity index is 281. The van der Waals surface area contributed by atoms with Crippen molar-refractivity contribution in [1.82, 2.24) is 0 Å². The van der Waals surface area contributed by atoms with Gasteiger partial charge >= 0.3 is 0 Å². The van der Waals surface area contributed by atoms with Gasteiger partial charge in [0, 0.05) is 5.02 Å². The zero-order valence-corrected chi connectivity index (χ0v) is 9.03. The average molecular weight is 246 g/mol. The molecule has 0 aliphatic rings. The monoisotopic (exact) mass is 244 g/mol. The van der Waals surface area contributed by atoms with Crippen molar-refractivity contribution in [3.05, 3.63) is 45.9 Å². The van der Waals surface area contributed by atoms with Crippen molar-refractivity contribution in [1.29, 1.82) is 0 Å². The standard InChI is InChI=1S/C10H10BrCl/c1-8(11)5-6-9-3-2-4-10(12)7-9/h2-4,7H,1,5-6H2. The molecule has 0 N–H and O–H groups in total. The van der Waals surface area contributed by atoms with E-state index in [4.69, 9.17) is 11.6 Å². The minimum Gasteiger partial charge on any atom is -0.0888 e. The van der Waals surface area contributed by atoms with Crippen LogP contribution in [0.3, 0.4) is 0 Å². The fourth-order valence-electron chi connectivity index (χ4n) is 0.972. The van der Waals surface area contributed by atoms with E-state index < -0.39 is 0 Å². The van der Waals surface area contributed by atoms with Crippen LogP contribution in [0.1, 0.15) is 12.0 Å². The third kappa shape index (κ3) is 3.42. The highest BCUT2D eigenvalue weighted by atomic mass is 79.9. The van der Waals surface area contributed by atoms with Crippen molar-refractivity contribution >= 4 is 27.5 Å². The van der Waals surface area contributed by atoms with E-state index in [0.717, 1.165) is 22.3 Å². The third-order valence-corrected chi connectivity index (χ3v) is 2.21. The van der Waals surface area contributed by atoms with E-state index in [9.17, 15) is 0 Å². The molecule has 0 saturated carbocycles. The van der Waals surface area contributed by atoms with Gasteiger partial charge in [0.15, 0.2) is 0 Å². The number of hydrogen-bond acceptors (Lipinski definition) is 0. The lowest BCUT2D eigenvalue weighted by atomic mass is 10.1. The lowest BCUT2D eigenvalue weighted by molar-refractivity contribution is 0.996. The van der Waals surface area contributed by atoms with Crippen LogP contribution in [-0.2, 0) is 6.42 Å². The van der Waals surface area contributed by atoms with Crippen LogP contribution in [0.4, 0.5) is 0 Å². The summed E-state index contributed by atoms with van der Waals surface area (Å²) < 4.78 is 1.03. The van der Waals surface area contributed by atoms with Gasteiger partial charge in [-0.1, -0.05) is 46.2 Å². The van der Waals surface area contributed by atoms with Gasteiger partial charge in [0.2, 0.25) is 0 Å². The number of benzene rings is 1. The molecular formula is C10H10BrCl. The Balaban J connectivity index is 2.57. The molecule has 0 fully saturated rings. The molecule has 0 nitrogen and oxygen atoms in total. The van der Waals surface area contributed by atoms with Crippen molar-refractivity contribution in [2.75, 3.05) is 0 Å². The Morgan fingerprint density at radius 3 is 2.83 bits per heavy atom. The van der Waals surface area contributed by atoms with Gasteiger partial charge in [0.25, 0.3) is 0 Å². The highest BCUT2D eigenvalue weighted by Gasteiger charge is 1.94. The van der Waals surface area contributed by atoms with Gasteiger partial charge in [-0.3, -0.25) is 0 Å². The minimum atomic E-state index is 0.799. The molecule has 0 bridgehead atoms. The maximum absolute atomic E-state index is 5.83. The summed E-state index contributed by atoms with van der Waals surface area (Å²) in [7, 11) is 0. The Kier molecular flexibility index (Phi) is 3.83. The second-order valence-electron chi connectivity index (χ2n) is 2.65. The van der Waals surface area contributed by atoms with Crippen molar-refractivity contribution in [3.8, 4) is 0 Å². The molecule has 2 heteroatoms. The molecule has 0 radical (unpaired) electrons. The van der Waals surface area contributed by atoms with E-state index in [1.807, 2.05) is 18.2 Å². The molecule has 12 heavy (non-hydrogen) atoms. The molecule has 0 unspecified atom stereocenters. The fraction of sp³-hybridized carbons (Fsp3) is 0.200. The second-order valence-corrected chi connectivity index (χ2v) is 4.21. The van der Waals surface area contributed by atoms with Crippen LogP contribution in [0.15, 0.2) is 35.3 Å². The Morgan fingerprint density at radius 2 is 2.25 bits per heavy atom. The number of allylic oxidation sites excluding steroid dienone is 1. The molecule has 0 heterocycles. The van der Waals surface area contributed by atoms with Crippen molar-refractivity contribution in [2.45, 2.75) is 12.8 Å². The van der Waals surface area contributed by atoms with E-state index >= 15 is 0 Å². The summed E-state index contributed by atoms with van der Waals surface area (Å²) in [6, 6.07) is 7.90. The van der Waals surface area contributed by atoms with Gasteiger partial charge in [0.05, 0.1) is 0 Å². The zero-order valence-electron chi connectivity index (χ0n) is 6.69. The first kappa shape index (κ1) is 9.82. The molecule has 0 aliphatic carbocycles. The third-order valence-electron chi connectivity index (χ3n) is 1.57. The summed E-state index contributed by atoms with van der Waals surface area (Å²) in [6.45, 7) is 3.78. The Morgan fingerprint density at radius 1 is 1.50 bits per heavy atom. The Labute approximate surface area is 86.4 Å². The summed E-state index contributed by atoms with van der Waals surface area (Å²) in [5.74, 6) is 0. The van der Waals surface area contributed by atoms with Gasteiger partial charge in [-0.05, 0) is 35.0 Å². The normalized spacial score (nSPS) is 9.83. The quantitative estimate of drug-likeness (QED) is 0.749. The molecule has 0 saturated heterocycles. The highest BCUT2D eigenvalue weighted by Crippen LogP contribution is 2.15. The summed E-state index contributed by atoms with van der Waals surface area (Å²) in [5.41, 5.74) is 1.25. The summed E-state index contributed by atoms with van der Waals surface area (Å²) in [6.07, 6.45) is 1.95. The van der Waals surface area contributed by atoms with Gasteiger partial charge in [0.1, 0.15) is 0 Å². The number of aryl methyl sites for hydroxylation is 1. The van der Waals surface area contributed by atoms with E-state index in [0.29, 0.717) is 0 Å². The van der Waals surface area contributed by atoms with E-state index in [2.05, 4.69) is 28.6 Å². The summed E-state index contributed by atoms with van der Waals surface area (Å²) in [4.78, 5) is 0. The molecule has 0 spiro atoms. The summed E-state index contributed by atoms with van der Waals surface area (Å²) in [5, 5.41) is 0.799. The molecular weight excluding hydrogens is 235 g/mol. The molecule has 0 aliphatic heterocycles. The molecule has 0 aromatic heterocycles. The highest BCUT2D eigenvalue weighted by molar-refractivity contribution is 9.11. The molecule has 64 valence electrons. The van der Waals surface area contributed by atoms with Crippen LogP contribution >= 0.6 is 27.5 Å². The first-order chi connectivity index (χ1) is 5.68. The topological polar surface area (TPSA) is 0 Å². The first-order valence-corrected chi connectivity index (χ1v) is 4.93. The Hall–Kier alpha value is -0.270. The van der Waals surface area contributed by atoms with Crippen molar-refractivity contribution in [3.63, 3.8) is 0 Å². The smallest absolute Gasteiger partial charge is 0.0408 e. The maximum Gasteiger partial charge on any atom is 0.0408 e. The molecule has 0 amide bonds. The van der Waals surface area contributed by atoms with Crippen molar-refractivity contribution in [2.24, 2.45) is 0 Å². The predicted octanol–water partition coefficient (Wildman–Crippen LogP) is 4.18. The lowest BCUT2D eigenvalue weighted by Crippen LogP contribution is -1.83. The number of halogens is 2. The van der Waals surface area contributed by atoms with E-state index in [1.54, 1.807) is 0 Å². The van der Waals surface area contributed by atoms with Crippen LogP contribution in [0, 0.1) is 0 Å². The second kappa shape index (κ2) is 4.68. The molecule has 1 aromatic rings. The fourth-order valence-corrected chi connectivity index (χ4v) is 1.38. The predicted molar refractivity (Wildman–Crippen MR) is 57.8 cm³/mol. The van der Waals surface area contributed by atoms with Crippen molar-refractivity contribution < 1.29 is 0 Å². The number of hydrogen-bond donors (Lipinski definition) is 0. The molecule has 1 rings (SSSR count). The minimum absolute atomic E-state index is 0.799. The maximum atomic E-state index is 5.83. The van der Waals surface area contributed by atoms with E-state index in [1.165, 1.54) is 5.56 Å². The number of rotatable bonds is 3. The van der Waals surface area contributed by atoms with Crippen LogP contribution in [-0.4, -0.2) is 0 Å². The first-order valence-electron chi connectivity index (χ1n) is 3.76. The van der Waals surface area contributed by atoms with Crippen LogP contribution in [0.5, 0.6) is 0 Å². The largest absolute Gasteiger partial charge is 0.0888 e. The summed E-state index contributed by atoms with van der Waals surface area (Å²) >= 11 is 9.15. The van der Waals surface area contributed by atoms with Gasteiger partial charge < -0.3 is 0 Å². The zero-order chi connectivity index (χ0) is 8.97. The molecule has 1 aromatic carbocycles. The van der Waals surface area contributed by atoms with Crippen LogP contribution in [0.25, 0.3) is 0 Å². The van der Waals surface area contributed by atoms with Gasteiger partial charge in [-0.25, -0.2) is 0 Å². The van der Waals surface area contributed by atoms with E-state index in [-0.39, 0.29) is 0 Å². The average Bonchev–Trinajstić information content (AvgIpc) is 2.01. The van der Waals surface area contributed by atoms with Gasteiger partial charge in [-0.2, -0.15) is 0 Å².